The monoisotopic (exact) mass is 295 g/mol. The van der Waals surface area contributed by atoms with Crippen LogP contribution in [0.25, 0.3) is 0 Å². The summed E-state index contributed by atoms with van der Waals surface area (Å²) in [6, 6.07) is 3.55. The molecule has 0 aliphatic heterocycles. The first kappa shape index (κ1) is 15.2. The number of nitrogens with one attached hydrogen (secondary N) is 1. The van der Waals surface area contributed by atoms with Crippen LogP contribution in [0.1, 0.15) is 48.7 Å². The summed E-state index contributed by atoms with van der Waals surface area (Å²) in [6.45, 7) is 2.13. The van der Waals surface area contributed by atoms with Gasteiger partial charge < -0.3 is 10.1 Å². The van der Waals surface area contributed by atoms with E-state index >= 15 is 0 Å². The molecule has 1 unspecified atom stereocenters. The fourth-order valence-electron chi connectivity index (χ4n) is 2.58. The van der Waals surface area contributed by atoms with Crippen molar-refractivity contribution >= 4 is 23.1 Å². The van der Waals surface area contributed by atoms with Crippen molar-refractivity contribution in [1.82, 2.24) is 5.32 Å². The Kier molecular flexibility index (Phi) is 5.73. The largest absolute Gasteiger partial charge is 0.466 e. The molecule has 1 aliphatic carbocycles. The van der Waals surface area contributed by atoms with Crippen LogP contribution < -0.4 is 5.32 Å². The fourth-order valence-corrected chi connectivity index (χ4v) is 3.30. The van der Waals surface area contributed by atoms with Crippen LogP contribution in [0.3, 0.4) is 0 Å². The van der Waals surface area contributed by atoms with Gasteiger partial charge in [-0.1, -0.05) is 18.9 Å². The van der Waals surface area contributed by atoms with Gasteiger partial charge in [0.25, 0.3) is 0 Å². The second kappa shape index (κ2) is 7.55. The lowest BCUT2D eigenvalue weighted by molar-refractivity contribution is -0.143. The van der Waals surface area contributed by atoms with Gasteiger partial charge in [-0.15, -0.1) is 11.3 Å². The van der Waals surface area contributed by atoms with Crippen LogP contribution in [-0.4, -0.2) is 30.4 Å². The van der Waals surface area contributed by atoms with Gasteiger partial charge in [-0.05, 0) is 31.2 Å². The Morgan fingerprint density at radius 1 is 1.45 bits per heavy atom. The average molecular weight is 295 g/mol. The minimum atomic E-state index is -0.462. The van der Waals surface area contributed by atoms with E-state index in [1.54, 1.807) is 6.92 Å². The molecule has 0 bridgehead atoms. The number of rotatable bonds is 7. The first-order valence-electron chi connectivity index (χ1n) is 7.20. The molecule has 1 aliphatic rings. The Hall–Kier alpha value is -1.20. The van der Waals surface area contributed by atoms with E-state index in [-0.39, 0.29) is 18.2 Å². The Balaban J connectivity index is 2.02. The second-order valence-electron chi connectivity index (χ2n) is 5.05. The number of esters is 1. The van der Waals surface area contributed by atoms with Crippen LogP contribution in [0.5, 0.6) is 0 Å². The summed E-state index contributed by atoms with van der Waals surface area (Å²) in [4.78, 5) is 24.9. The van der Waals surface area contributed by atoms with Gasteiger partial charge >= 0.3 is 5.97 Å². The van der Waals surface area contributed by atoms with E-state index in [4.69, 9.17) is 4.74 Å². The van der Waals surface area contributed by atoms with Crippen LogP contribution in [0, 0.1) is 0 Å². The van der Waals surface area contributed by atoms with Crippen molar-refractivity contribution in [3.8, 4) is 0 Å². The Labute approximate surface area is 123 Å². The van der Waals surface area contributed by atoms with Crippen molar-refractivity contribution in [2.45, 2.75) is 51.1 Å². The molecule has 110 valence electrons. The fraction of sp³-hybridized carbons (Fsp3) is 0.600. The predicted molar refractivity (Wildman–Crippen MR) is 79.1 cm³/mol. The molecular formula is C15H21NO3S. The molecule has 1 N–H and O–H groups in total. The zero-order valence-electron chi connectivity index (χ0n) is 11.8. The highest BCUT2D eigenvalue weighted by atomic mass is 32.1. The third-order valence-corrected chi connectivity index (χ3v) is 4.43. The average Bonchev–Trinajstić information content (AvgIpc) is 3.10. The molecule has 1 heterocycles. The molecule has 0 spiro atoms. The second-order valence-corrected chi connectivity index (χ2v) is 6.00. The summed E-state index contributed by atoms with van der Waals surface area (Å²) >= 11 is 1.42. The Bertz CT molecular complexity index is 438. The van der Waals surface area contributed by atoms with E-state index in [1.807, 2.05) is 17.5 Å². The Morgan fingerprint density at radius 3 is 2.80 bits per heavy atom. The maximum atomic E-state index is 12.5. The van der Waals surface area contributed by atoms with Crippen molar-refractivity contribution in [2.24, 2.45) is 0 Å². The third kappa shape index (κ3) is 4.15. The number of ketones is 1. The van der Waals surface area contributed by atoms with Gasteiger partial charge in [-0.2, -0.15) is 0 Å². The van der Waals surface area contributed by atoms with E-state index in [1.165, 1.54) is 24.2 Å². The van der Waals surface area contributed by atoms with Crippen molar-refractivity contribution in [3.63, 3.8) is 0 Å². The molecular weight excluding hydrogens is 274 g/mol. The number of hydrogen-bond acceptors (Lipinski definition) is 5. The summed E-state index contributed by atoms with van der Waals surface area (Å²) in [7, 11) is 0. The number of Topliss-reactive ketones (excluding diaryl/α,β-unsaturated/α-hetero) is 1. The van der Waals surface area contributed by atoms with Crippen molar-refractivity contribution < 1.29 is 14.3 Å². The van der Waals surface area contributed by atoms with E-state index < -0.39 is 6.04 Å². The molecule has 20 heavy (non-hydrogen) atoms. The zero-order valence-corrected chi connectivity index (χ0v) is 12.6. The quantitative estimate of drug-likeness (QED) is 0.621. The minimum absolute atomic E-state index is 0.0000435. The molecule has 0 radical (unpaired) electrons. The summed E-state index contributed by atoms with van der Waals surface area (Å²) < 4.78 is 4.98. The molecule has 1 aromatic rings. The smallest absolute Gasteiger partial charge is 0.307 e. The van der Waals surface area contributed by atoms with Crippen LogP contribution in [0.4, 0.5) is 0 Å². The van der Waals surface area contributed by atoms with E-state index in [2.05, 4.69) is 5.32 Å². The number of carbonyl (C=O) groups is 2. The van der Waals surface area contributed by atoms with Crippen molar-refractivity contribution in [2.75, 3.05) is 6.61 Å². The molecule has 1 atom stereocenters. The van der Waals surface area contributed by atoms with Crippen LogP contribution in [0.2, 0.25) is 0 Å². The highest BCUT2D eigenvalue weighted by molar-refractivity contribution is 7.12. The molecule has 5 heteroatoms. The summed E-state index contributed by atoms with van der Waals surface area (Å²) in [6.07, 6.45) is 4.66. The lowest BCUT2D eigenvalue weighted by Crippen LogP contribution is -2.43. The summed E-state index contributed by atoms with van der Waals surface area (Å²) in [5.74, 6) is -0.312. The molecule has 1 aromatic heterocycles. The van der Waals surface area contributed by atoms with Gasteiger partial charge in [0.15, 0.2) is 5.78 Å². The molecule has 1 fully saturated rings. The topological polar surface area (TPSA) is 55.4 Å². The van der Waals surface area contributed by atoms with Crippen molar-refractivity contribution in [1.29, 1.82) is 0 Å². The molecule has 0 aromatic carbocycles. The number of carbonyl (C=O) groups excluding carboxylic acids is 2. The normalized spacial score (nSPS) is 17.1. The first-order chi connectivity index (χ1) is 9.70. The van der Waals surface area contributed by atoms with Crippen LogP contribution in [-0.2, 0) is 9.53 Å². The molecule has 1 saturated carbocycles. The van der Waals surface area contributed by atoms with Crippen molar-refractivity contribution in [3.05, 3.63) is 22.4 Å². The maximum absolute atomic E-state index is 12.5. The van der Waals surface area contributed by atoms with E-state index in [9.17, 15) is 9.59 Å². The molecule has 2 rings (SSSR count). The minimum Gasteiger partial charge on any atom is -0.466 e. The SMILES string of the molecule is CCOC(=O)CC(NC1CCCC1)C(=O)c1cccs1. The van der Waals surface area contributed by atoms with Crippen LogP contribution in [0.15, 0.2) is 17.5 Å². The van der Waals surface area contributed by atoms with Gasteiger partial charge in [0.1, 0.15) is 0 Å². The van der Waals surface area contributed by atoms with Gasteiger partial charge in [0, 0.05) is 6.04 Å². The number of thiophene rings is 1. The van der Waals surface area contributed by atoms with Gasteiger partial charge in [0.2, 0.25) is 0 Å². The lowest BCUT2D eigenvalue weighted by Gasteiger charge is -2.20. The van der Waals surface area contributed by atoms with Gasteiger partial charge in [-0.25, -0.2) is 0 Å². The van der Waals surface area contributed by atoms with Gasteiger partial charge in [0.05, 0.1) is 23.9 Å². The first-order valence-corrected chi connectivity index (χ1v) is 8.08. The maximum Gasteiger partial charge on any atom is 0.307 e. The van der Waals surface area contributed by atoms with E-state index in [0.29, 0.717) is 17.5 Å². The van der Waals surface area contributed by atoms with E-state index in [0.717, 1.165) is 12.8 Å². The molecule has 0 amide bonds. The Morgan fingerprint density at radius 2 is 2.20 bits per heavy atom. The predicted octanol–water partition coefficient (Wildman–Crippen LogP) is 2.78. The highest BCUT2D eigenvalue weighted by Crippen LogP contribution is 2.20. The number of ether oxygens (including phenoxy) is 1. The van der Waals surface area contributed by atoms with Crippen LogP contribution >= 0.6 is 11.3 Å². The lowest BCUT2D eigenvalue weighted by atomic mass is 10.1. The third-order valence-electron chi connectivity index (χ3n) is 3.55. The standard InChI is InChI=1S/C15H21NO3S/c1-2-19-14(17)10-12(16-11-6-3-4-7-11)15(18)13-8-5-9-20-13/h5,8-9,11-12,16H,2-4,6-7,10H2,1H3. The zero-order chi connectivity index (χ0) is 14.4. The number of hydrogen-bond donors (Lipinski definition) is 1. The van der Waals surface area contributed by atoms with Gasteiger partial charge in [-0.3, -0.25) is 9.59 Å². The molecule has 0 saturated heterocycles. The summed E-state index contributed by atoms with van der Waals surface area (Å²) in [5.41, 5.74) is 0. The highest BCUT2D eigenvalue weighted by Gasteiger charge is 2.28. The summed E-state index contributed by atoms with van der Waals surface area (Å²) in [5, 5.41) is 5.23. The molecule has 4 nitrogen and oxygen atoms in total.